The first-order valence-electron chi connectivity index (χ1n) is 6.38. The number of aliphatic hydroxyl groups excluding tert-OH is 1. The molecule has 110 valence electrons. The summed E-state index contributed by atoms with van der Waals surface area (Å²) in [6, 6.07) is 1.97. The lowest BCUT2D eigenvalue weighted by molar-refractivity contribution is -0.151. The lowest BCUT2D eigenvalue weighted by atomic mass is 10.2. The number of carbonyl (C=O) groups is 1. The highest BCUT2D eigenvalue weighted by Gasteiger charge is 2.16. The Hall–Kier alpha value is -0.960. The molecule has 5 heteroatoms. The molecule has 0 radical (unpaired) electrons. The normalized spacial score (nSPS) is 10.8. The second-order valence-corrected chi connectivity index (χ2v) is 7.10. The molecule has 1 aromatic rings. The van der Waals surface area contributed by atoms with Crippen LogP contribution in [0.4, 0.5) is 0 Å². The van der Waals surface area contributed by atoms with Gasteiger partial charge < -0.3 is 9.84 Å². The summed E-state index contributed by atoms with van der Waals surface area (Å²) in [6.07, 6.45) is 0.486. The van der Waals surface area contributed by atoms with Gasteiger partial charge in [-0.25, -0.2) is 0 Å². The molecule has 3 nitrogen and oxygen atoms in total. The minimum absolute atomic E-state index is 0.0832. The maximum absolute atomic E-state index is 11.6. The molecule has 0 unspecified atom stereocenters. The van der Waals surface area contributed by atoms with Crippen molar-refractivity contribution in [2.45, 2.75) is 38.5 Å². The number of thiophene rings is 1. The van der Waals surface area contributed by atoms with Crippen LogP contribution < -0.4 is 0 Å². The summed E-state index contributed by atoms with van der Waals surface area (Å²) in [7, 11) is 0. The number of ether oxygens (including phenoxy) is 1. The first kappa shape index (κ1) is 17.1. The summed E-state index contributed by atoms with van der Waals surface area (Å²) in [5, 5.41) is 10.7. The third kappa shape index (κ3) is 6.99. The molecule has 0 spiro atoms. The van der Waals surface area contributed by atoms with Crippen LogP contribution in [0.1, 0.15) is 37.6 Å². The van der Waals surface area contributed by atoms with Crippen LogP contribution in [0, 0.1) is 11.8 Å². The van der Waals surface area contributed by atoms with Gasteiger partial charge in [0.1, 0.15) is 5.60 Å². The van der Waals surface area contributed by atoms with Crippen molar-refractivity contribution < 1.29 is 14.6 Å². The second-order valence-electron chi connectivity index (χ2n) is 5.11. The third-order valence-corrected chi connectivity index (χ3v) is 4.11. The van der Waals surface area contributed by atoms with Gasteiger partial charge in [0.05, 0.1) is 12.4 Å². The van der Waals surface area contributed by atoms with Gasteiger partial charge in [-0.2, -0.15) is 0 Å². The van der Waals surface area contributed by atoms with Gasteiger partial charge in [0.2, 0.25) is 0 Å². The van der Waals surface area contributed by atoms with Gasteiger partial charge in [-0.1, -0.05) is 11.8 Å². The average Bonchev–Trinajstić information content (AvgIpc) is 2.75. The number of thioether (sulfide) groups is 1. The molecule has 0 fully saturated rings. The Morgan fingerprint density at radius 2 is 2.25 bits per heavy atom. The number of rotatable bonds is 5. The lowest BCUT2D eigenvalue weighted by Gasteiger charge is -2.19. The van der Waals surface area contributed by atoms with E-state index in [0.717, 1.165) is 16.2 Å². The van der Waals surface area contributed by atoms with Crippen molar-refractivity contribution in [3.05, 3.63) is 21.9 Å². The van der Waals surface area contributed by atoms with Crippen molar-refractivity contribution in [3.63, 3.8) is 0 Å². The molecule has 0 saturated heterocycles. The molecule has 1 aromatic heterocycles. The molecule has 0 amide bonds. The standard InChI is InChI=1S/C15H20O3S2/c1-15(2,3)18-14(17)11-19-10-13-12(7-9-20-13)6-4-5-8-16/h7,9,16H,5,8,10-11H2,1-3H3. The fourth-order valence-electron chi connectivity index (χ4n) is 1.38. The van der Waals surface area contributed by atoms with E-state index in [9.17, 15) is 4.79 Å². The smallest absolute Gasteiger partial charge is 0.316 e. The number of esters is 1. The van der Waals surface area contributed by atoms with Crippen LogP contribution in [0.2, 0.25) is 0 Å². The molecular weight excluding hydrogens is 292 g/mol. The van der Waals surface area contributed by atoms with E-state index in [1.165, 1.54) is 11.8 Å². The van der Waals surface area contributed by atoms with Crippen LogP contribution >= 0.6 is 23.1 Å². The Balaban J connectivity index is 2.42. The highest BCUT2D eigenvalue weighted by atomic mass is 32.2. The van der Waals surface area contributed by atoms with Crippen molar-refractivity contribution in [2.75, 3.05) is 12.4 Å². The van der Waals surface area contributed by atoms with E-state index in [-0.39, 0.29) is 12.6 Å². The quantitative estimate of drug-likeness (QED) is 0.670. The molecule has 0 saturated carbocycles. The van der Waals surface area contributed by atoms with Gasteiger partial charge in [-0.15, -0.1) is 23.1 Å². The van der Waals surface area contributed by atoms with Crippen LogP contribution in [0.3, 0.4) is 0 Å². The molecular formula is C15H20O3S2. The van der Waals surface area contributed by atoms with E-state index in [0.29, 0.717) is 12.2 Å². The summed E-state index contributed by atoms with van der Waals surface area (Å²) in [6.45, 7) is 5.68. The molecule has 0 aliphatic heterocycles. The Kier molecular flexibility index (Phi) is 7.14. The molecule has 0 aliphatic rings. The molecule has 0 aliphatic carbocycles. The van der Waals surface area contributed by atoms with Crippen LogP contribution in [0.25, 0.3) is 0 Å². The molecule has 1 N–H and O–H groups in total. The molecule has 0 aromatic carbocycles. The Bertz CT molecular complexity index is 489. The lowest BCUT2D eigenvalue weighted by Crippen LogP contribution is -2.24. The SMILES string of the molecule is CC(C)(C)OC(=O)CSCc1sccc1C#CCCO. The van der Waals surface area contributed by atoms with Gasteiger partial charge in [0.25, 0.3) is 0 Å². The third-order valence-electron chi connectivity index (χ3n) is 2.08. The summed E-state index contributed by atoms with van der Waals surface area (Å²) < 4.78 is 5.25. The molecule has 0 bridgehead atoms. The highest BCUT2D eigenvalue weighted by Crippen LogP contribution is 2.22. The first-order valence-corrected chi connectivity index (χ1v) is 8.41. The van der Waals surface area contributed by atoms with Crippen molar-refractivity contribution >= 4 is 29.1 Å². The minimum atomic E-state index is -0.429. The van der Waals surface area contributed by atoms with Crippen molar-refractivity contribution in [2.24, 2.45) is 0 Å². The van der Waals surface area contributed by atoms with E-state index in [1.807, 2.05) is 32.2 Å². The van der Waals surface area contributed by atoms with Gasteiger partial charge >= 0.3 is 5.97 Å². The summed E-state index contributed by atoms with van der Waals surface area (Å²) in [5.41, 5.74) is 0.557. The Labute approximate surface area is 128 Å². The number of carbonyl (C=O) groups excluding carboxylic acids is 1. The van der Waals surface area contributed by atoms with E-state index < -0.39 is 5.60 Å². The summed E-state index contributed by atoms with van der Waals surface area (Å²) in [4.78, 5) is 12.7. The van der Waals surface area contributed by atoms with E-state index in [2.05, 4.69) is 11.8 Å². The monoisotopic (exact) mass is 312 g/mol. The molecule has 1 heterocycles. The Morgan fingerprint density at radius 1 is 1.50 bits per heavy atom. The zero-order valence-corrected chi connectivity index (χ0v) is 13.7. The molecule has 20 heavy (non-hydrogen) atoms. The van der Waals surface area contributed by atoms with Gasteiger partial charge in [-0.05, 0) is 32.2 Å². The summed E-state index contributed by atoms with van der Waals surface area (Å²) in [5.74, 6) is 6.86. The van der Waals surface area contributed by atoms with Gasteiger partial charge in [-0.3, -0.25) is 4.79 Å². The number of hydrogen-bond acceptors (Lipinski definition) is 5. The van der Waals surface area contributed by atoms with Crippen molar-refractivity contribution in [3.8, 4) is 11.8 Å². The molecule has 1 rings (SSSR count). The largest absolute Gasteiger partial charge is 0.459 e. The second kappa shape index (κ2) is 8.35. The van der Waals surface area contributed by atoms with Gasteiger partial charge in [0.15, 0.2) is 0 Å². The maximum Gasteiger partial charge on any atom is 0.316 e. The zero-order valence-electron chi connectivity index (χ0n) is 12.1. The topological polar surface area (TPSA) is 46.5 Å². The molecule has 0 atom stereocenters. The van der Waals surface area contributed by atoms with E-state index in [4.69, 9.17) is 9.84 Å². The van der Waals surface area contributed by atoms with Gasteiger partial charge in [0, 0.05) is 22.6 Å². The van der Waals surface area contributed by atoms with E-state index >= 15 is 0 Å². The van der Waals surface area contributed by atoms with E-state index in [1.54, 1.807) is 11.3 Å². The van der Waals surface area contributed by atoms with Crippen LogP contribution in [0.5, 0.6) is 0 Å². The minimum Gasteiger partial charge on any atom is -0.459 e. The van der Waals surface area contributed by atoms with Crippen molar-refractivity contribution in [1.29, 1.82) is 0 Å². The fourth-order valence-corrected chi connectivity index (χ4v) is 3.18. The fraction of sp³-hybridized carbons (Fsp3) is 0.533. The first-order chi connectivity index (χ1) is 9.42. The number of aliphatic hydroxyl groups is 1. The number of hydrogen-bond donors (Lipinski definition) is 1. The maximum atomic E-state index is 11.6. The zero-order chi connectivity index (χ0) is 15.0. The Morgan fingerprint density at radius 3 is 2.90 bits per heavy atom. The predicted molar refractivity (Wildman–Crippen MR) is 84.9 cm³/mol. The predicted octanol–water partition coefficient (Wildman–Crippen LogP) is 3.06. The van der Waals surface area contributed by atoms with Crippen molar-refractivity contribution in [1.82, 2.24) is 0 Å². The average molecular weight is 312 g/mol. The van der Waals surface area contributed by atoms with Crippen LogP contribution in [-0.4, -0.2) is 29.0 Å². The summed E-state index contributed by atoms with van der Waals surface area (Å²) >= 11 is 3.17. The van der Waals surface area contributed by atoms with Crippen LogP contribution in [-0.2, 0) is 15.3 Å². The highest BCUT2D eigenvalue weighted by molar-refractivity contribution is 7.99. The van der Waals surface area contributed by atoms with Crippen LogP contribution in [0.15, 0.2) is 11.4 Å².